The molecule has 2 aromatic rings. The van der Waals surface area contributed by atoms with Crippen LogP contribution in [0, 0.1) is 0 Å². The first-order valence-electron chi connectivity index (χ1n) is 7.33. The highest BCUT2D eigenvalue weighted by Gasteiger charge is 2.22. The molecule has 1 aliphatic rings. The molecule has 0 spiro atoms. The maximum absolute atomic E-state index is 12.5. The summed E-state index contributed by atoms with van der Waals surface area (Å²) in [5.74, 6) is 0.761. The van der Waals surface area contributed by atoms with Crippen LogP contribution in [0.3, 0.4) is 0 Å². The lowest BCUT2D eigenvalue weighted by Crippen LogP contribution is -2.28. The van der Waals surface area contributed by atoms with Crippen molar-refractivity contribution in [3.63, 3.8) is 0 Å². The van der Waals surface area contributed by atoms with E-state index in [-0.39, 0.29) is 12.2 Å². The number of benzene rings is 1. The van der Waals surface area contributed by atoms with E-state index in [4.69, 9.17) is 5.11 Å². The van der Waals surface area contributed by atoms with Crippen molar-refractivity contribution in [1.82, 2.24) is 9.55 Å². The molecule has 1 aromatic heterocycles. The van der Waals surface area contributed by atoms with Crippen LogP contribution < -0.4 is 5.56 Å². The zero-order valence-electron chi connectivity index (χ0n) is 12.2. The van der Waals surface area contributed by atoms with Crippen LogP contribution in [0.15, 0.2) is 45.6 Å². The second-order valence-electron chi connectivity index (χ2n) is 5.19. The summed E-state index contributed by atoms with van der Waals surface area (Å²) in [6, 6.07) is 7.30. The maximum atomic E-state index is 12.5. The van der Waals surface area contributed by atoms with Gasteiger partial charge in [0.1, 0.15) is 6.54 Å². The molecule has 7 nitrogen and oxygen atoms in total. The minimum atomic E-state index is -0.0736. The van der Waals surface area contributed by atoms with E-state index >= 15 is 0 Å². The van der Waals surface area contributed by atoms with E-state index in [0.29, 0.717) is 24.1 Å². The highest BCUT2D eigenvalue weighted by Crippen LogP contribution is 2.06. The van der Waals surface area contributed by atoms with Gasteiger partial charge in [-0.2, -0.15) is 0 Å². The van der Waals surface area contributed by atoms with Gasteiger partial charge < -0.3 is 5.11 Å². The lowest BCUT2D eigenvalue weighted by atomic mass is 10.2. The number of para-hydroxylation sites is 1. The van der Waals surface area contributed by atoms with Crippen molar-refractivity contribution in [3.8, 4) is 0 Å². The van der Waals surface area contributed by atoms with E-state index in [1.54, 1.807) is 17.0 Å². The van der Waals surface area contributed by atoms with Gasteiger partial charge in [0.2, 0.25) is 6.67 Å². The molecule has 0 bridgehead atoms. The number of fused-ring (bicyclic) bond motifs is 1. The number of unbranched alkanes of at least 4 members (excludes halogenated alkanes) is 1. The Labute approximate surface area is 127 Å². The smallest absolute Gasteiger partial charge is 0.343 e. The van der Waals surface area contributed by atoms with Gasteiger partial charge in [0.15, 0.2) is 0 Å². The van der Waals surface area contributed by atoms with Crippen LogP contribution in [0.2, 0.25) is 0 Å². The van der Waals surface area contributed by atoms with Gasteiger partial charge in [-0.15, -0.1) is 0 Å². The molecule has 0 aliphatic carbocycles. The van der Waals surface area contributed by atoms with Gasteiger partial charge >= 0.3 is 5.84 Å². The molecule has 114 valence electrons. The van der Waals surface area contributed by atoms with E-state index in [0.717, 1.165) is 25.2 Å². The number of aliphatic hydroxyl groups excluding tert-OH is 1. The second kappa shape index (κ2) is 6.57. The lowest BCUT2D eigenvalue weighted by molar-refractivity contribution is -0.523. The van der Waals surface area contributed by atoms with E-state index < -0.39 is 0 Å². The van der Waals surface area contributed by atoms with E-state index in [1.165, 1.54) is 0 Å². The van der Waals surface area contributed by atoms with Crippen LogP contribution in [-0.2, 0) is 6.54 Å². The van der Waals surface area contributed by atoms with Gasteiger partial charge in [-0.05, 0) is 30.1 Å². The Bertz CT molecular complexity index is 794. The third kappa shape index (κ3) is 2.94. The van der Waals surface area contributed by atoms with Gasteiger partial charge in [-0.1, -0.05) is 12.1 Å². The fourth-order valence-electron chi connectivity index (χ4n) is 2.45. The van der Waals surface area contributed by atoms with Crippen LogP contribution in [0.5, 0.6) is 0 Å². The molecule has 0 unspecified atom stereocenters. The highest BCUT2D eigenvalue weighted by molar-refractivity contribution is 5.80. The Morgan fingerprint density at radius 1 is 1.27 bits per heavy atom. The summed E-state index contributed by atoms with van der Waals surface area (Å²) in [4.78, 5) is 16.8. The number of aromatic nitrogens is 2. The molecule has 1 aliphatic heterocycles. The number of aliphatic hydroxyl groups is 1. The monoisotopic (exact) mass is 300 g/mol. The number of rotatable bonds is 6. The summed E-state index contributed by atoms with van der Waals surface area (Å²) in [5.41, 5.74) is 0.622. The molecule has 3 rings (SSSR count). The Morgan fingerprint density at radius 3 is 3.00 bits per heavy atom. The van der Waals surface area contributed by atoms with Crippen molar-refractivity contribution in [2.75, 3.05) is 19.8 Å². The predicted molar refractivity (Wildman–Crippen MR) is 82.2 cm³/mol. The molecule has 0 saturated carbocycles. The third-order valence-corrected chi connectivity index (χ3v) is 3.66. The number of hydrogen-bond donors (Lipinski definition) is 1. The number of nitrogens with zero attached hydrogens (tertiary/aromatic N) is 5. The molecule has 7 heteroatoms. The van der Waals surface area contributed by atoms with Gasteiger partial charge in [-0.3, -0.25) is 9.36 Å². The van der Waals surface area contributed by atoms with Crippen LogP contribution in [0.25, 0.3) is 10.9 Å². The zero-order valence-corrected chi connectivity index (χ0v) is 12.2. The Balaban J connectivity index is 1.86. The molecule has 0 saturated heterocycles. The minimum Gasteiger partial charge on any atom is -0.396 e. The van der Waals surface area contributed by atoms with Gasteiger partial charge in [-0.25, -0.2) is 9.56 Å². The molecular formula is C15H18N5O2+. The van der Waals surface area contributed by atoms with Crippen LogP contribution in [0.1, 0.15) is 12.8 Å². The van der Waals surface area contributed by atoms with Crippen molar-refractivity contribution in [2.45, 2.75) is 19.4 Å². The Morgan fingerprint density at radius 2 is 2.14 bits per heavy atom. The summed E-state index contributed by atoms with van der Waals surface area (Å²) >= 11 is 0. The largest absolute Gasteiger partial charge is 0.396 e. The molecule has 1 aromatic carbocycles. The minimum absolute atomic E-state index is 0.0736. The summed E-state index contributed by atoms with van der Waals surface area (Å²) < 4.78 is 3.58. The summed E-state index contributed by atoms with van der Waals surface area (Å²) in [6.45, 7) is 1.83. The van der Waals surface area contributed by atoms with Crippen molar-refractivity contribution < 1.29 is 9.68 Å². The van der Waals surface area contributed by atoms with Gasteiger partial charge in [0.25, 0.3) is 5.56 Å². The standard InChI is InChI=1S/C15H18N5O2/c21-8-4-3-7-19-11-17-18-14(19)9-20-10-16-13-6-2-1-5-12(13)15(20)22/h1-2,5-6,10,21H,3-4,7-9,11H2/q+1. The SMILES string of the molecule is O=c1c2ccccc2ncn1CC1=[N+](CCCCO)CN=N1. The predicted octanol–water partition coefficient (Wildman–Crippen LogP) is 1.00. The summed E-state index contributed by atoms with van der Waals surface area (Å²) in [5, 5.41) is 17.6. The van der Waals surface area contributed by atoms with Crippen molar-refractivity contribution >= 4 is 16.7 Å². The zero-order chi connectivity index (χ0) is 15.4. The van der Waals surface area contributed by atoms with Gasteiger partial charge in [0, 0.05) is 6.61 Å². The fourth-order valence-corrected chi connectivity index (χ4v) is 2.45. The second-order valence-corrected chi connectivity index (χ2v) is 5.19. The first-order valence-corrected chi connectivity index (χ1v) is 7.33. The fraction of sp³-hybridized carbons (Fsp3) is 0.400. The molecule has 0 radical (unpaired) electrons. The first kappa shape index (κ1) is 14.5. The quantitative estimate of drug-likeness (QED) is 0.638. The van der Waals surface area contributed by atoms with Crippen LogP contribution in [0.4, 0.5) is 0 Å². The van der Waals surface area contributed by atoms with Crippen LogP contribution >= 0.6 is 0 Å². The third-order valence-electron chi connectivity index (χ3n) is 3.66. The normalized spacial score (nSPS) is 14.2. The maximum Gasteiger partial charge on any atom is 0.343 e. The average Bonchev–Trinajstić information content (AvgIpc) is 2.98. The molecular weight excluding hydrogens is 282 g/mol. The number of amidine groups is 1. The molecule has 0 atom stereocenters. The first-order chi connectivity index (χ1) is 10.8. The van der Waals surface area contributed by atoms with E-state index in [1.807, 2.05) is 22.8 Å². The number of azo groups is 1. The summed E-state index contributed by atoms with van der Waals surface area (Å²) in [7, 11) is 0. The Hall–Kier alpha value is -2.41. The molecule has 1 N–H and O–H groups in total. The van der Waals surface area contributed by atoms with Crippen LogP contribution in [-0.4, -0.2) is 44.9 Å². The van der Waals surface area contributed by atoms with E-state index in [9.17, 15) is 4.79 Å². The van der Waals surface area contributed by atoms with Crippen molar-refractivity contribution in [3.05, 3.63) is 40.9 Å². The summed E-state index contributed by atoms with van der Waals surface area (Å²) in [6.07, 6.45) is 3.18. The number of hydrogen-bond acceptors (Lipinski definition) is 5. The van der Waals surface area contributed by atoms with Crippen molar-refractivity contribution in [2.24, 2.45) is 10.2 Å². The van der Waals surface area contributed by atoms with E-state index in [2.05, 4.69) is 15.2 Å². The average molecular weight is 300 g/mol. The Kier molecular flexibility index (Phi) is 4.34. The molecule has 0 amide bonds. The topological polar surface area (TPSA) is 82.8 Å². The molecule has 0 fully saturated rings. The van der Waals surface area contributed by atoms with Crippen molar-refractivity contribution in [1.29, 1.82) is 0 Å². The van der Waals surface area contributed by atoms with Gasteiger partial charge in [0.05, 0.1) is 28.9 Å². The molecule has 2 heterocycles. The lowest BCUT2D eigenvalue weighted by Gasteiger charge is -2.05. The molecule has 22 heavy (non-hydrogen) atoms. The highest BCUT2D eigenvalue weighted by atomic mass is 16.2.